The number of rotatable bonds is 4. The van der Waals surface area contributed by atoms with Gasteiger partial charge in [-0.3, -0.25) is 4.68 Å². The molecular formula is C43H37F3N5Pt-3. The van der Waals surface area contributed by atoms with Crippen molar-refractivity contribution in [2.45, 2.75) is 52.4 Å². The van der Waals surface area contributed by atoms with Crippen molar-refractivity contribution >= 4 is 38.9 Å². The van der Waals surface area contributed by atoms with Crippen molar-refractivity contribution in [2.75, 3.05) is 16.8 Å². The normalized spacial score (nSPS) is 13.3. The number of halogens is 3. The average molecular weight is 876 g/mol. The molecule has 7 aromatic rings. The van der Waals surface area contributed by atoms with Gasteiger partial charge in [0.05, 0.1) is 17.0 Å². The molecule has 0 spiro atoms. The molecule has 9 heteroatoms. The molecule has 0 bridgehead atoms. The Morgan fingerprint density at radius 2 is 1.31 bits per heavy atom. The van der Waals surface area contributed by atoms with Gasteiger partial charge in [0.15, 0.2) is 0 Å². The van der Waals surface area contributed by atoms with Crippen LogP contribution in [0.1, 0.15) is 52.9 Å². The van der Waals surface area contributed by atoms with Gasteiger partial charge in [-0.25, -0.2) is 13.2 Å². The summed E-state index contributed by atoms with van der Waals surface area (Å²) in [7, 11) is 2.03. The topological polar surface area (TPSA) is 29.2 Å². The quantitative estimate of drug-likeness (QED) is 0.165. The Morgan fingerprint density at radius 1 is 0.654 bits per heavy atom. The monoisotopic (exact) mass is 875 g/mol. The molecule has 0 atom stereocenters. The molecule has 0 N–H and O–H groups in total. The fraction of sp³-hybridized carbons (Fsp3) is 0.209. The number of benzene rings is 5. The van der Waals surface area contributed by atoms with Crippen LogP contribution in [0.3, 0.4) is 0 Å². The second kappa shape index (κ2) is 12.7. The van der Waals surface area contributed by atoms with Gasteiger partial charge in [-0.05, 0) is 36.3 Å². The van der Waals surface area contributed by atoms with Gasteiger partial charge in [0.25, 0.3) is 0 Å². The van der Waals surface area contributed by atoms with Gasteiger partial charge in [0, 0.05) is 66.5 Å². The zero-order valence-electron chi connectivity index (χ0n) is 29.9. The van der Waals surface area contributed by atoms with Crippen LogP contribution in [0.5, 0.6) is 0 Å². The predicted molar refractivity (Wildman–Crippen MR) is 200 cm³/mol. The molecule has 1 aliphatic rings. The van der Waals surface area contributed by atoms with Crippen molar-refractivity contribution in [1.29, 1.82) is 0 Å². The number of hydrogen-bond acceptors (Lipinski definition) is 3. The summed E-state index contributed by atoms with van der Waals surface area (Å²) in [4.78, 5) is 4.22. The summed E-state index contributed by atoms with van der Waals surface area (Å²) in [5, 5.41) is 7.12. The molecule has 0 unspecified atom stereocenters. The molecule has 3 heterocycles. The zero-order chi connectivity index (χ0) is 36.0. The summed E-state index contributed by atoms with van der Waals surface area (Å²) < 4.78 is 49.3. The third-order valence-corrected chi connectivity index (χ3v) is 9.43. The van der Waals surface area contributed by atoms with E-state index >= 15 is 8.78 Å². The minimum atomic E-state index is -0.970. The summed E-state index contributed by atoms with van der Waals surface area (Å²) in [6.07, 6.45) is 0. The number of hydrogen-bond donors (Lipinski definition) is 0. The minimum Gasteiger partial charge on any atom is -0.504 e. The van der Waals surface area contributed by atoms with Crippen molar-refractivity contribution in [3.63, 3.8) is 0 Å². The van der Waals surface area contributed by atoms with Gasteiger partial charge in [-0.1, -0.05) is 83.1 Å². The van der Waals surface area contributed by atoms with Crippen LogP contribution >= 0.6 is 0 Å². The van der Waals surface area contributed by atoms with Crippen molar-refractivity contribution in [3.05, 3.63) is 139 Å². The van der Waals surface area contributed by atoms with Crippen LogP contribution in [0.15, 0.2) is 91.0 Å². The molecule has 0 aliphatic carbocycles. The molecule has 2 aromatic heterocycles. The Labute approximate surface area is 316 Å². The molecule has 0 saturated heterocycles. The second-order valence-electron chi connectivity index (χ2n) is 15.2. The first-order valence-electron chi connectivity index (χ1n) is 17.0. The third kappa shape index (κ3) is 5.72. The molecular weight excluding hydrogens is 839 g/mol. The van der Waals surface area contributed by atoms with E-state index < -0.39 is 28.3 Å². The van der Waals surface area contributed by atoms with E-state index in [4.69, 9.17) is 5.10 Å². The van der Waals surface area contributed by atoms with Gasteiger partial charge in [-0.15, -0.1) is 41.4 Å². The molecule has 0 amide bonds. The minimum absolute atomic E-state index is 0. The van der Waals surface area contributed by atoms with E-state index in [1.165, 1.54) is 0 Å². The largest absolute Gasteiger partial charge is 0.504 e. The average Bonchev–Trinajstić information content (AvgIpc) is 3.74. The summed E-state index contributed by atoms with van der Waals surface area (Å²) in [6, 6.07) is 35.4. The first kappa shape index (κ1) is 35.6. The number of nitrogens with zero attached hydrogens (tertiary/aromatic N) is 5. The van der Waals surface area contributed by atoms with Crippen LogP contribution in [0, 0.1) is 36.3 Å². The Kier molecular flexibility index (Phi) is 8.69. The molecule has 0 saturated carbocycles. The Balaban J connectivity index is 0.00000420. The van der Waals surface area contributed by atoms with Crippen LogP contribution in [-0.2, 0) is 31.9 Å². The van der Waals surface area contributed by atoms with Gasteiger partial charge in [0.2, 0.25) is 0 Å². The Bertz CT molecular complexity index is 2480. The van der Waals surface area contributed by atoms with Gasteiger partial charge in [-0.2, -0.15) is 23.9 Å². The maximum Gasteiger partial charge on any atom is 0.137 e. The molecule has 1 aliphatic heterocycles. The van der Waals surface area contributed by atoms with Gasteiger partial charge >= 0.3 is 0 Å². The summed E-state index contributed by atoms with van der Waals surface area (Å²) in [5.41, 5.74) is 6.17. The van der Waals surface area contributed by atoms with E-state index in [2.05, 4.69) is 57.4 Å². The van der Waals surface area contributed by atoms with E-state index in [1.807, 2.05) is 103 Å². The van der Waals surface area contributed by atoms with E-state index in [0.717, 1.165) is 56.7 Å². The van der Waals surface area contributed by atoms with Crippen LogP contribution in [-0.4, -0.2) is 21.4 Å². The van der Waals surface area contributed by atoms with Gasteiger partial charge in [0.1, 0.15) is 17.5 Å². The molecule has 52 heavy (non-hydrogen) atoms. The first-order valence-corrected chi connectivity index (χ1v) is 17.0. The second-order valence-corrected chi connectivity index (χ2v) is 15.2. The van der Waals surface area contributed by atoms with E-state index in [1.54, 1.807) is 4.68 Å². The number of fused-ring (bicyclic) bond motifs is 4. The molecule has 5 nitrogen and oxygen atoms in total. The molecule has 268 valence electrons. The maximum atomic E-state index is 15.6. The zero-order valence-corrected chi connectivity index (χ0v) is 32.2. The third-order valence-electron chi connectivity index (χ3n) is 9.43. The van der Waals surface area contributed by atoms with Crippen LogP contribution < -0.4 is 9.80 Å². The van der Waals surface area contributed by atoms with Crippen molar-refractivity contribution in [3.8, 4) is 22.5 Å². The number of para-hydroxylation sites is 3. The fourth-order valence-electron chi connectivity index (χ4n) is 7.26. The van der Waals surface area contributed by atoms with E-state index in [0.29, 0.717) is 22.6 Å². The smallest absolute Gasteiger partial charge is 0.137 e. The number of aromatic nitrogens is 3. The maximum absolute atomic E-state index is 15.6. The first-order chi connectivity index (χ1) is 24.2. The Morgan fingerprint density at radius 3 is 2.00 bits per heavy atom. The summed E-state index contributed by atoms with van der Waals surface area (Å²) in [5.74, 6) is -2.91. The molecule has 0 radical (unpaired) electrons. The molecule has 8 rings (SSSR count). The van der Waals surface area contributed by atoms with Crippen LogP contribution in [0.4, 0.5) is 30.2 Å². The predicted octanol–water partition coefficient (Wildman–Crippen LogP) is 11.0. The number of anilines is 3. The summed E-state index contributed by atoms with van der Waals surface area (Å²) in [6.45, 7) is 13.9. The van der Waals surface area contributed by atoms with Crippen LogP contribution in [0.2, 0.25) is 0 Å². The van der Waals surface area contributed by atoms with E-state index in [-0.39, 0.29) is 26.6 Å². The van der Waals surface area contributed by atoms with Crippen molar-refractivity contribution < 1.29 is 34.2 Å². The molecule has 0 fully saturated rings. The van der Waals surface area contributed by atoms with Crippen LogP contribution in [0.25, 0.3) is 44.3 Å². The standard InChI is InChI=1S/C43H37F3N5.Pt/c1-42(2,3)40-39(38-32(45)21-26(44)22-33(38)46)41(43(4,5)6)51(47-40)29-19-20-31-30-15-8-9-16-34(30)50(37(31)24-29)28-14-12-13-27(23-28)49-25-48(7)35-17-10-11-18-36(35)49;/h8-22,25H,1-7H3;/q-3;. The van der Waals surface area contributed by atoms with Gasteiger partial charge < -0.3 is 14.4 Å². The van der Waals surface area contributed by atoms with Crippen molar-refractivity contribution in [2.24, 2.45) is 0 Å². The molecule has 5 aromatic carbocycles. The SMILES string of the molecule is CN1[CH-]N(c2[c-]c(-n3c4[c-]c(-n5nc(C(C)(C)C)c(-c6c(F)cc(F)cc6F)c5C(C)(C)C)ccc4c4ccccc43)ccc2)c2ccccc21.[Pt]. The van der Waals surface area contributed by atoms with Crippen molar-refractivity contribution in [1.82, 2.24) is 14.3 Å². The van der Waals surface area contributed by atoms with E-state index in [9.17, 15) is 4.39 Å². The Hall–Kier alpha value is -4.81. The fourth-order valence-corrected chi connectivity index (χ4v) is 7.26. The summed E-state index contributed by atoms with van der Waals surface area (Å²) >= 11 is 0.